The molecule has 0 bridgehead atoms. The minimum atomic E-state index is -0.516. The summed E-state index contributed by atoms with van der Waals surface area (Å²) in [4.78, 5) is 20.3. The van der Waals surface area contributed by atoms with Crippen LogP contribution in [0.5, 0.6) is 17.2 Å². The number of nitrogens with one attached hydrogen (secondary N) is 1. The zero-order valence-corrected chi connectivity index (χ0v) is 16.5. The van der Waals surface area contributed by atoms with Crippen molar-refractivity contribution in [3.05, 3.63) is 48.2 Å². The summed E-state index contributed by atoms with van der Waals surface area (Å²) in [6, 6.07) is 13.2. The van der Waals surface area contributed by atoms with Crippen molar-refractivity contribution in [2.24, 2.45) is 0 Å². The molecule has 2 heterocycles. The number of rotatable bonds is 5. The van der Waals surface area contributed by atoms with Crippen molar-refractivity contribution >= 4 is 27.8 Å². The molecule has 0 aliphatic rings. The number of para-hydroxylation sites is 1. The van der Waals surface area contributed by atoms with E-state index < -0.39 is 5.97 Å². The number of esters is 1. The Kier molecular flexibility index (Phi) is 4.72. The van der Waals surface area contributed by atoms with Gasteiger partial charge in [-0.05, 0) is 24.3 Å². The molecule has 0 radical (unpaired) electrons. The lowest BCUT2D eigenvalue weighted by molar-refractivity contribution is 0.0594. The van der Waals surface area contributed by atoms with Crippen LogP contribution in [-0.4, -0.2) is 44.4 Å². The Morgan fingerprint density at radius 1 is 0.897 bits per heavy atom. The first-order valence-corrected chi connectivity index (χ1v) is 8.92. The molecule has 0 amide bonds. The number of aromatic amines is 1. The minimum Gasteiger partial charge on any atom is -0.493 e. The summed E-state index contributed by atoms with van der Waals surface area (Å²) in [6.07, 6.45) is 0. The quantitative estimate of drug-likeness (QED) is 0.513. The van der Waals surface area contributed by atoms with Gasteiger partial charge in [0.05, 0.1) is 39.6 Å². The van der Waals surface area contributed by atoms with E-state index in [9.17, 15) is 4.79 Å². The molecule has 4 rings (SSSR count). The highest BCUT2D eigenvalue weighted by Crippen LogP contribution is 2.45. The molecule has 0 aliphatic heterocycles. The number of nitrogens with zero attached hydrogens (tertiary/aromatic N) is 1. The summed E-state index contributed by atoms with van der Waals surface area (Å²) in [5.41, 5.74) is 3.14. The zero-order valence-electron chi connectivity index (χ0n) is 16.5. The van der Waals surface area contributed by atoms with Crippen molar-refractivity contribution in [2.45, 2.75) is 0 Å². The van der Waals surface area contributed by atoms with Gasteiger partial charge >= 0.3 is 5.97 Å². The van der Waals surface area contributed by atoms with E-state index in [4.69, 9.17) is 18.9 Å². The number of pyridine rings is 1. The molecule has 29 heavy (non-hydrogen) atoms. The van der Waals surface area contributed by atoms with Crippen LogP contribution in [0, 0.1) is 0 Å². The van der Waals surface area contributed by atoms with Crippen molar-refractivity contribution in [3.63, 3.8) is 0 Å². The van der Waals surface area contributed by atoms with E-state index in [0.717, 1.165) is 21.8 Å². The van der Waals surface area contributed by atoms with Crippen LogP contribution >= 0.6 is 0 Å². The summed E-state index contributed by atoms with van der Waals surface area (Å²) < 4.78 is 21.4. The molecule has 0 saturated carbocycles. The number of methoxy groups -OCH3 is 4. The molecule has 148 valence electrons. The molecule has 1 N–H and O–H groups in total. The smallest absolute Gasteiger partial charge is 0.356 e. The summed E-state index contributed by atoms with van der Waals surface area (Å²) in [5, 5.41) is 1.85. The van der Waals surface area contributed by atoms with Crippen LogP contribution in [0.25, 0.3) is 33.1 Å². The number of carbonyl (C=O) groups is 1. The van der Waals surface area contributed by atoms with Crippen LogP contribution in [0.1, 0.15) is 10.5 Å². The average Bonchev–Trinajstić information content (AvgIpc) is 3.15. The van der Waals surface area contributed by atoms with Gasteiger partial charge in [0.25, 0.3) is 0 Å². The Hall–Kier alpha value is -3.74. The highest BCUT2D eigenvalue weighted by molar-refractivity contribution is 6.13. The van der Waals surface area contributed by atoms with Crippen LogP contribution in [0.15, 0.2) is 42.5 Å². The Labute approximate surface area is 167 Å². The molecule has 4 aromatic rings. The maximum atomic E-state index is 12.3. The molecule has 0 unspecified atom stereocenters. The Morgan fingerprint density at radius 3 is 2.34 bits per heavy atom. The molecule has 0 aliphatic carbocycles. The predicted octanol–water partition coefficient (Wildman–Crippen LogP) is 4.20. The van der Waals surface area contributed by atoms with Gasteiger partial charge in [-0.25, -0.2) is 9.78 Å². The number of hydrogen-bond acceptors (Lipinski definition) is 6. The maximum Gasteiger partial charge on any atom is 0.356 e. The summed E-state index contributed by atoms with van der Waals surface area (Å²) >= 11 is 0. The topological polar surface area (TPSA) is 82.7 Å². The molecule has 0 fully saturated rings. The fourth-order valence-electron chi connectivity index (χ4n) is 3.54. The van der Waals surface area contributed by atoms with E-state index in [1.54, 1.807) is 33.5 Å². The lowest BCUT2D eigenvalue weighted by Gasteiger charge is -2.16. The predicted molar refractivity (Wildman–Crippen MR) is 110 cm³/mol. The van der Waals surface area contributed by atoms with Gasteiger partial charge in [0, 0.05) is 21.9 Å². The second-order valence-corrected chi connectivity index (χ2v) is 6.32. The van der Waals surface area contributed by atoms with Gasteiger partial charge in [0.1, 0.15) is 5.69 Å². The first-order chi connectivity index (χ1) is 14.1. The highest BCUT2D eigenvalue weighted by Gasteiger charge is 2.23. The van der Waals surface area contributed by atoms with E-state index in [1.807, 2.05) is 30.3 Å². The van der Waals surface area contributed by atoms with Crippen LogP contribution in [0.2, 0.25) is 0 Å². The summed E-state index contributed by atoms with van der Waals surface area (Å²) in [7, 11) is 5.98. The van der Waals surface area contributed by atoms with E-state index in [1.165, 1.54) is 7.11 Å². The number of H-pyrrole nitrogens is 1. The third kappa shape index (κ3) is 2.91. The number of hydrogen-bond donors (Lipinski definition) is 1. The van der Waals surface area contributed by atoms with Gasteiger partial charge in [-0.3, -0.25) is 0 Å². The van der Waals surface area contributed by atoms with Gasteiger partial charge in [-0.1, -0.05) is 18.2 Å². The van der Waals surface area contributed by atoms with E-state index >= 15 is 0 Å². The highest BCUT2D eigenvalue weighted by atomic mass is 16.5. The Morgan fingerprint density at radius 2 is 1.66 bits per heavy atom. The number of aromatic nitrogens is 2. The molecule has 0 saturated heterocycles. The van der Waals surface area contributed by atoms with Crippen LogP contribution < -0.4 is 14.2 Å². The van der Waals surface area contributed by atoms with Gasteiger partial charge in [-0.2, -0.15) is 0 Å². The molecule has 7 nitrogen and oxygen atoms in total. The largest absolute Gasteiger partial charge is 0.493 e. The standard InChI is InChI=1S/C22H20N2O5/c1-26-17-10-9-13(20(27-2)21(17)28-3)18-19-14(11-16(24-18)22(25)29-4)12-7-5-6-8-15(12)23-19/h5-11,23H,1-4H3. The van der Waals surface area contributed by atoms with Crippen molar-refractivity contribution in [1.29, 1.82) is 0 Å². The van der Waals surface area contributed by atoms with Crippen LogP contribution in [-0.2, 0) is 4.74 Å². The number of benzene rings is 2. The van der Waals surface area contributed by atoms with Crippen molar-refractivity contribution in [2.75, 3.05) is 28.4 Å². The van der Waals surface area contributed by atoms with Gasteiger partial charge in [0.2, 0.25) is 5.75 Å². The van der Waals surface area contributed by atoms with Gasteiger partial charge in [0.15, 0.2) is 11.5 Å². The molecule has 7 heteroatoms. The van der Waals surface area contributed by atoms with Crippen molar-refractivity contribution in [3.8, 4) is 28.5 Å². The second-order valence-electron chi connectivity index (χ2n) is 6.32. The Bertz CT molecular complexity index is 1230. The lowest BCUT2D eigenvalue weighted by Crippen LogP contribution is -2.06. The third-order valence-corrected chi connectivity index (χ3v) is 4.85. The SMILES string of the molecule is COC(=O)c1cc2c([nH]c3ccccc32)c(-c2ccc(OC)c(OC)c2OC)n1. The first-order valence-electron chi connectivity index (χ1n) is 8.92. The summed E-state index contributed by atoms with van der Waals surface area (Å²) in [5.74, 6) is 0.923. The average molecular weight is 392 g/mol. The minimum absolute atomic E-state index is 0.205. The number of carbonyl (C=O) groups excluding carboxylic acids is 1. The molecular formula is C22H20N2O5. The fraction of sp³-hybridized carbons (Fsp3) is 0.182. The zero-order chi connectivity index (χ0) is 20.5. The first kappa shape index (κ1) is 18.6. The second kappa shape index (κ2) is 7.35. The van der Waals surface area contributed by atoms with E-state index in [2.05, 4.69) is 9.97 Å². The number of fused-ring (bicyclic) bond motifs is 3. The lowest BCUT2D eigenvalue weighted by atomic mass is 10.0. The summed E-state index contributed by atoms with van der Waals surface area (Å²) in [6.45, 7) is 0. The maximum absolute atomic E-state index is 12.3. The fourth-order valence-corrected chi connectivity index (χ4v) is 3.54. The molecule has 2 aromatic carbocycles. The van der Waals surface area contributed by atoms with E-state index in [0.29, 0.717) is 28.5 Å². The number of ether oxygens (including phenoxy) is 4. The molecule has 2 aromatic heterocycles. The van der Waals surface area contributed by atoms with Gasteiger partial charge < -0.3 is 23.9 Å². The van der Waals surface area contributed by atoms with Gasteiger partial charge in [-0.15, -0.1) is 0 Å². The third-order valence-electron chi connectivity index (χ3n) is 4.85. The molecule has 0 atom stereocenters. The Balaban J connectivity index is 2.12. The van der Waals surface area contributed by atoms with Crippen molar-refractivity contribution in [1.82, 2.24) is 9.97 Å². The van der Waals surface area contributed by atoms with E-state index in [-0.39, 0.29) is 5.69 Å². The normalized spacial score (nSPS) is 10.9. The molecule has 0 spiro atoms. The molecular weight excluding hydrogens is 372 g/mol. The van der Waals surface area contributed by atoms with Crippen LogP contribution in [0.3, 0.4) is 0 Å². The monoisotopic (exact) mass is 392 g/mol. The van der Waals surface area contributed by atoms with Crippen molar-refractivity contribution < 1.29 is 23.7 Å². The van der Waals surface area contributed by atoms with Crippen LogP contribution in [0.4, 0.5) is 0 Å².